The Labute approximate surface area is 113 Å². The molecule has 0 spiro atoms. The van der Waals surface area contributed by atoms with Crippen molar-refractivity contribution < 1.29 is 9.84 Å². The third-order valence-electron chi connectivity index (χ3n) is 3.30. The van der Waals surface area contributed by atoms with Crippen molar-refractivity contribution in [2.24, 2.45) is 0 Å². The van der Waals surface area contributed by atoms with E-state index in [-0.39, 0.29) is 0 Å². The first-order chi connectivity index (χ1) is 9.20. The highest BCUT2D eigenvalue weighted by molar-refractivity contribution is 5.26. The minimum absolute atomic E-state index is 0.294. The molecule has 1 aromatic heterocycles. The smallest absolute Gasteiger partial charge is 0.137 e. The average Bonchev–Trinajstić information content (AvgIpc) is 2.48. The summed E-state index contributed by atoms with van der Waals surface area (Å²) in [6.07, 6.45) is 3.46. The van der Waals surface area contributed by atoms with Crippen LogP contribution in [0.3, 0.4) is 0 Å². The Balaban J connectivity index is 2.06. The maximum absolute atomic E-state index is 10.3. The van der Waals surface area contributed by atoms with E-state index in [1.165, 1.54) is 5.56 Å². The Bertz CT molecular complexity index is 513. The topological polar surface area (TPSA) is 42.4 Å². The zero-order valence-corrected chi connectivity index (χ0v) is 11.3. The molecule has 0 radical (unpaired) electrons. The lowest BCUT2D eigenvalue weighted by molar-refractivity contribution is 0.159. The molecular weight excluding hydrogens is 238 g/mol. The zero-order valence-electron chi connectivity index (χ0n) is 11.3. The molecule has 3 heteroatoms. The van der Waals surface area contributed by atoms with Crippen LogP contribution in [0.1, 0.15) is 36.5 Å². The monoisotopic (exact) mass is 257 g/mol. The molecule has 0 saturated heterocycles. The third-order valence-corrected chi connectivity index (χ3v) is 3.30. The van der Waals surface area contributed by atoms with Gasteiger partial charge in [-0.3, -0.25) is 4.98 Å². The van der Waals surface area contributed by atoms with Gasteiger partial charge in [0, 0.05) is 11.8 Å². The van der Waals surface area contributed by atoms with E-state index in [9.17, 15) is 5.11 Å². The molecule has 0 bridgehead atoms. The van der Waals surface area contributed by atoms with Crippen LogP contribution in [-0.4, -0.2) is 17.2 Å². The maximum atomic E-state index is 10.3. The van der Waals surface area contributed by atoms with Gasteiger partial charge in [-0.2, -0.15) is 0 Å². The van der Waals surface area contributed by atoms with Crippen LogP contribution in [0.4, 0.5) is 0 Å². The third kappa shape index (κ3) is 3.55. The first-order valence-electron chi connectivity index (χ1n) is 6.42. The van der Waals surface area contributed by atoms with Gasteiger partial charge in [0.15, 0.2) is 0 Å². The molecule has 0 amide bonds. The van der Waals surface area contributed by atoms with Crippen LogP contribution in [0.25, 0.3) is 0 Å². The van der Waals surface area contributed by atoms with E-state index in [0.29, 0.717) is 18.1 Å². The van der Waals surface area contributed by atoms with Gasteiger partial charge < -0.3 is 9.84 Å². The van der Waals surface area contributed by atoms with E-state index in [2.05, 4.69) is 24.0 Å². The van der Waals surface area contributed by atoms with Crippen molar-refractivity contribution in [3.05, 3.63) is 59.9 Å². The summed E-state index contributed by atoms with van der Waals surface area (Å²) in [7, 11) is 1.60. The molecule has 3 nitrogen and oxygen atoms in total. The first-order valence-corrected chi connectivity index (χ1v) is 6.42. The molecule has 2 rings (SSSR count). The second-order valence-corrected chi connectivity index (χ2v) is 4.72. The fraction of sp³-hybridized carbons (Fsp3) is 0.312. The molecule has 0 saturated carbocycles. The lowest BCUT2D eigenvalue weighted by atomic mass is 9.93. The molecule has 2 unspecified atom stereocenters. The van der Waals surface area contributed by atoms with E-state index in [4.69, 9.17) is 4.74 Å². The number of hydrogen-bond acceptors (Lipinski definition) is 3. The fourth-order valence-corrected chi connectivity index (χ4v) is 2.12. The van der Waals surface area contributed by atoms with Crippen molar-refractivity contribution in [3.8, 4) is 5.75 Å². The molecule has 1 N–H and O–H groups in total. The number of pyridine rings is 1. The fourth-order valence-electron chi connectivity index (χ4n) is 2.12. The van der Waals surface area contributed by atoms with Gasteiger partial charge in [-0.25, -0.2) is 0 Å². The minimum atomic E-state index is -0.530. The van der Waals surface area contributed by atoms with Crippen LogP contribution >= 0.6 is 0 Å². The second-order valence-electron chi connectivity index (χ2n) is 4.72. The molecule has 2 atom stereocenters. The predicted octanol–water partition coefficient (Wildman–Crippen LogP) is 3.32. The molecule has 100 valence electrons. The van der Waals surface area contributed by atoms with Gasteiger partial charge in [-0.1, -0.05) is 37.3 Å². The van der Waals surface area contributed by atoms with Crippen LogP contribution in [0.15, 0.2) is 48.8 Å². The summed E-state index contributed by atoms with van der Waals surface area (Å²) in [5, 5.41) is 10.3. The standard InChI is InChI=1S/C16H19NO2/c1-12(13-6-4-3-5-7-13)8-16(18)14-9-15(19-2)11-17-10-14/h3-7,9-12,16,18H,8H2,1-2H3. The van der Waals surface area contributed by atoms with Crippen LogP contribution < -0.4 is 4.74 Å². The van der Waals surface area contributed by atoms with Crippen LogP contribution in [0.5, 0.6) is 5.75 Å². The lowest BCUT2D eigenvalue weighted by Crippen LogP contribution is -2.04. The van der Waals surface area contributed by atoms with Crippen LogP contribution in [-0.2, 0) is 0 Å². The predicted molar refractivity (Wildman–Crippen MR) is 75.2 cm³/mol. The van der Waals surface area contributed by atoms with E-state index in [1.54, 1.807) is 19.5 Å². The summed E-state index contributed by atoms with van der Waals surface area (Å²) in [6.45, 7) is 2.12. The number of aliphatic hydroxyl groups excluding tert-OH is 1. The van der Waals surface area contributed by atoms with Gasteiger partial charge in [-0.15, -0.1) is 0 Å². The van der Waals surface area contributed by atoms with Gasteiger partial charge in [0.2, 0.25) is 0 Å². The molecule has 0 aliphatic heterocycles. The highest BCUT2D eigenvalue weighted by Crippen LogP contribution is 2.28. The van der Waals surface area contributed by atoms with Crippen LogP contribution in [0.2, 0.25) is 0 Å². The van der Waals surface area contributed by atoms with E-state index in [0.717, 1.165) is 5.56 Å². The normalized spacial score (nSPS) is 13.8. The second kappa shape index (κ2) is 6.34. The van der Waals surface area contributed by atoms with Crippen molar-refractivity contribution in [2.75, 3.05) is 7.11 Å². The van der Waals surface area contributed by atoms with Gasteiger partial charge in [0.05, 0.1) is 19.4 Å². The molecule has 0 fully saturated rings. The SMILES string of the molecule is COc1cncc(C(O)CC(C)c2ccccc2)c1. The van der Waals surface area contributed by atoms with Crippen molar-refractivity contribution in [1.82, 2.24) is 4.98 Å². The largest absolute Gasteiger partial charge is 0.495 e. The molecule has 0 aliphatic carbocycles. The summed E-state index contributed by atoms with van der Waals surface area (Å²) < 4.78 is 5.12. The number of benzene rings is 1. The quantitative estimate of drug-likeness (QED) is 0.893. The number of aromatic nitrogens is 1. The molecule has 19 heavy (non-hydrogen) atoms. The number of nitrogens with zero attached hydrogens (tertiary/aromatic N) is 1. The Hall–Kier alpha value is -1.87. The molecule has 1 heterocycles. The van der Waals surface area contributed by atoms with Crippen molar-refractivity contribution in [2.45, 2.75) is 25.4 Å². The van der Waals surface area contributed by atoms with Crippen molar-refractivity contribution >= 4 is 0 Å². The van der Waals surface area contributed by atoms with Gasteiger partial charge in [-0.05, 0) is 24.0 Å². The van der Waals surface area contributed by atoms with Gasteiger partial charge in [0.1, 0.15) is 5.75 Å². The summed E-state index contributed by atoms with van der Waals surface area (Å²) in [5.41, 5.74) is 2.03. The number of aliphatic hydroxyl groups is 1. The summed E-state index contributed by atoms with van der Waals surface area (Å²) in [6, 6.07) is 12.0. The van der Waals surface area contributed by atoms with Crippen LogP contribution in [0, 0.1) is 0 Å². The van der Waals surface area contributed by atoms with Gasteiger partial charge in [0.25, 0.3) is 0 Å². The van der Waals surface area contributed by atoms with E-state index in [1.807, 2.05) is 24.3 Å². The minimum Gasteiger partial charge on any atom is -0.495 e. The summed E-state index contributed by atoms with van der Waals surface area (Å²) >= 11 is 0. The number of methoxy groups -OCH3 is 1. The average molecular weight is 257 g/mol. The summed E-state index contributed by atoms with van der Waals surface area (Å²) in [5.74, 6) is 0.964. The maximum Gasteiger partial charge on any atom is 0.137 e. The van der Waals surface area contributed by atoms with Crippen molar-refractivity contribution in [3.63, 3.8) is 0 Å². The molecule has 2 aromatic rings. The van der Waals surface area contributed by atoms with Crippen molar-refractivity contribution in [1.29, 1.82) is 0 Å². The number of ether oxygens (including phenoxy) is 1. The number of hydrogen-bond donors (Lipinski definition) is 1. The lowest BCUT2D eigenvalue weighted by Gasteiger charge is -2.17. The molecular formula is C16H19NO2. The van der Waals surface area contributed by atoms with E-state index >= 15 is 0 Å². The first kappa shape index (κ1) is 13.6. The highest BCUT2D eigenvalue weighted by Gasteiger charge is 2.14. The Morgan fingerprint density at radius 1 is 1.16 bits per heavy atom. The Morgan fingerprint density at radius 3 is 2.58 bits per heavy atom. The summed E-state index contributed by atoms with van der Waals surface area (Å²) in [4.78, 5) is 4.07. The van der Waals surface area contributed by atoms with E-state index < -0.39 is 6.10 Å². The number of rotatable bonds is 5. The Morgan fingerprint density at radius 2 is 1.89 bits per heavy atom. The van der Waals surface area contributed by atoms with Gasteiger partial charge >= 0.3 is 0 Å². The highest BCUT2D eigenvalue weighted by atomic mass is 16.5. The zero-order chi connectivity index (χ0) is 13.7. The Kier molecular flexibility index (Phi) is 4.53. The molecule has 1 aromatic carbocycles. The molecule has 0 aliphatic rings.